The summed E-state index contributed by atoms with van der Waals surface area (Å²) in [6.07, 6.45) is 0. The van der Waals surface area contributed by atoms with Gasteiger partial charge in [-0.15, -0.1) is 0 Å². The van der Waals surface area contributed by atoms with Crippen molar-refractivity contribution in [1.82, 2.24) is 10.6 Å². The van der Waals surface area contributed by atoms with Crippen LogP contribution >= 0.6 is 0 Å². The highest BCUT2D eigenvalue weighted by Crippen LogP contribution is 2.30. The van der Waals surface area contributed by atoms with E-state index in [2.05, 4.69) is 10.6 Å². The zero-order valence-electron chi connectivity index (χ0n) is 17.4. The van der Waals surface area contributed by atoms with E-state index in [1.54, 1.807) is 26.0 Å². The van der Waals surface area contributed by atoms with Crippen LogP contribution in [0.4, 0.5) is 9.18 Å². The van der Waals surface area contributed by atoms with E-state index in [-0.39, 0.29) is 22.8 Å². The molecule has 7 nitrogen and oxygen atoms in total. The van der Waals surface area contributed by atoms with E-state index < -0.39 is 39.4 Å². The first-order chi connectivity index (χ1) is 14.6. The molecule has 0 fully saturated rings. The van der Waals surface area contributed by atoms with Crippen molar-refractivity contribution >= 4 is 21.8 Å². The van der Waals surface area contributed by atoms with Crippen LogP contribution in [0.25, 0.3) is 0 Å². The Morgan fingerprint density at radius 2 is 1.87 bits per heavy atom. The quantitative estimate of drug-likeness (QED) is 0.664. The molecular formula is C22H23FN2O5S. The Labute approximate surface area is 180 Å². The number of rotatable bonds is 6. The largest absolute Gasteiger partial charge is 0.463 e. The Kier molecular flexibility index (Phi) is 6.45. The molecule has 2 aromatic rings. The van der Waals surface area contributed by atoms with Gasteiger partial charge in [-0.3, -0.25) is 0 Å². The summed E-state index contributed by atoms with van der Waals surface area (Å²) in [7, 11) is -3.90. The summed E-state index contributed by atoms with van der Waals surface area (Å²) in [6.45, 7) is 5.31. The second kappa shape index (κ2) is 8.89. The zero-order chi connectivity index (χ0) is 22.8. The van der Waals surface area contributed by atoms with E-state index in [0.29, 0.717) is 5.56 Å². The average molecular weight is 447 g/mol. The van der Waals surface area contributed by atoms with Gasteiger partial charge in [-0.1, -0.05) is 18.2 Å². The number of nitrogens with one attached hydrogen (secondary N) is 2. The van der Waals surface area contributed by atoms with Crippen molar-refractivity contribution in [3.8, 4) is 0 Å². The molecule has 9 heteroatoms. The summed E-state index contributed by atoms with van der Waals surface area (Å²) in [5, 5.41) is 4.98. The van der Waals surface area contributed by atoms with Crippen molar-refractivity contribution in [2.45, 2.75) is 31.7 Å². The number of halogens is 1. The molecule has 1 heterocycles. The molecule has 0 unspecified atom stereocenters. The minimum Gasteiger partial charge on any atom is -0.463 e. The molecular weight excluding hydrogens is 423 g/mol. The molecule has 0 spiro atoms. The van der Waals surface area contributed by atoms with Crippen molar-refractivity contribution < 1.29 is 27.1 Å². The summed E-state index contributed by atoms with van der Waals surface area (Å²) in [5.41, 5.74) is 1.84. The molecule has 1 aliphatic rings. The summed E-state index contributed by atoms with van der Waals surface area (Å²) in [4.78, 5) is 25.1. The van der Waals surface area contributed by atoms with Gasteiger partial charge >= 0.3 is 12.0 Å². The lowest BCUT2D eigenvalue weighted by Gasteiger charge is -2.29. The van der Waals surface area contributed by atoms with Crippen molar-refractivity contribution in [1.29, 1.82) is 0 Å². The Bertz CT molecular complexity index is 1170. The van der Waals surface area contributed by atoms with E-state index in [9.17, 15) is 22.4 Å². The maximum atomic E-state index is 13.8. The molecule has 0 aromatic heterocycles. The van der Waals surface area contributed by atoms with Gasteiger partial charge in [0.1, 0.15) is 5.82 Å². The fraction of sp³-hybridized carbons (Fsp3) is 0.273. The standard InChI is InChI=1S/C22H23FN2O5S/c1-4-30-21(26)19-18(12-31(28,29)17-9-8-13(2)14(3)10-17)24-22(27)25-20(19)15-6-5-7-16(23)11-15/h5-11,20H,4,12H2,1-3H3,(H2,24,25,27)/t20-/m0/s1. The van der Waals surface area contributed by atoms with Crippen LogP contribution in [-0.2, 0) is 19.4 Å². The Balaban J connectivity index is 2.11. The van der Waals surface area contributed by atoms with E-state index in [1.807, 2.05) is 6.92 Å². The van der Waals surface area contributed by atoms with Crippen molar-refractivity contribution in [2.75, 3.05) is 12.4 Å². The third-order valence-electron chi connectivity index (χ3n) is 5.00. The van der Waals surface area contributed by atoms with Crippen LogP contribution in [0.15, 0.2) is 58.6 Å². The maximum absolute atomic E-state index is 13.8. The van der Waals surface area contributed by atoms with Crippen LogP contribution < -0.4 is 10.6 Å². The molecule has 1 aliphatic heterocycles. The van der Waals surface area contributed by atoms with E-state index in [4.69, 9.17) is 4.74 Å². The Hall–Kier alpha value is -3.20. The number of carbonyl (C=O) groups is 2. The van der Waals surface area contributed by atoms with Crippen LogP contribution in [0.5, 0.6) is 0 Å². The lowest BCUT2D eigenvalue weighted by molar-refractivity contribution is -0.139. The van der Waals surface area contributed by atoms with Gasteiger partial charge < -0.3 is 15.4 Å². The predicted octanol–water partition coefficient (Wildman–Crippen LogP) is 3.09. The predicted molar refractivity (Wildman–Crippen MR) is 112 cm³/mol. The normalized spacial score (nSPS) is 16.5. The highest BCUT2D eigenvalue weighted by molar-refractivity contribution is 7.91. The minimum atomic E-state index is -3.90. The molecule has 2 aromatic carbocycles. The number of esters is 1. The van der Waals surface area contributed by atoms with Gasteiger partial charge in [0.05, 0.1) is 28.9 Å². The number of hydrogen-bond acceptors (Lipinski definition) is 5. The third-order valence-corrected chi connectivity index (χ3v) is 6.64. The van der Waals surface area contributed by atoms with Gasteiger partial charge in [0.2, 0.25) is 0 Å². The second-order valence-corrected chi connectivity index (χ2v) is 9.19. The lowest BCUT2D eigenvalue weighted by Crippen LogP contribution is -2.47. The van der Waals surface area contributed by atoms with Crippen LogP contribution in [0.1, 0.15) is 29.7 Å². The number of hydrogen-bond donors (Lipinski definition) is 2. The first-order valence-electron chi connectivity index (χ1n) is 9.65. The summed E-state index contributed by atoms with van der Waals surface area (Å²) in [6, 6.07) is 8.33. The number of amides is 2. The van der Waals surface area contributed by atoms with Crippen molar-refractivity contribution in [2.24, 2.45) is 0 Å². The molecule has 164 valence electrons. The molecule has 0 saturated carbocycles. The van der Waals surface area contributed by atoms with Gasteiger partial charge in [-0.2, -0.15) is 0 Å². The van der Waals surface area contributed by atoms with Crippen molar-refractivity contribution in [3.05, 3.63) is 76.2 Å². The zero-order valence-corrected chi connectivity index (χ0v) is 18.2. The Morgan fingerprint density at radius 1 is 1.13 bits per heavy atom. The van der Waals surface area contributed by atoms with Crippen LogP contribution in [0, 0.1) is 19.7 Å². The first-order valence-corrected chi connectivity index (χ1v) is 11.3. The summed E-state index contributed by atoms with van der Waals surface area (Å²) < 4.78 is 45.1. The second-order valence-electron chi connectivity index (χ2n) is 7.20. The number of aryl methyl sites for hydroxylation is 2. The molecule has 31 heavy (non-hydrogen) atoms. The topological polar surface area (TPSA) is 102 Å². The molecule has 1 atom stereocenters. The number of ether oxygens (including phenoxy) is 1. The first kappa shape index (κ1) is 22.5. The average Bonchev–Trinajstić information content (AvgIpc) is 2.69. The van der Waals surface area contributed by atoms with Crippen molar-refractivity contribution in [3.63, 3.8) is 0 Å². The fourth-order valence-electron chi connectivity index (χ4n) is 3.30. The number of carbonyl (C=O) groups excluding carboxylic acids is 2. The fourth-order valence-corrected chi connectivity index (χ4v) is 4.70. The van der Waals surface area contributed by atoms with Gasteiger partial charge in [-0.25, -0.2) is 22.4 Å². The highest BCUT2D eigenvalue weighted by Gasteiger charge is 2.36. The van der Waals surface area contributed by atoms with Crippen LogP contribution in [0.2, 0.25) is 0 Å². The van der Waals surface area contributed by atoms with Gasteiger partial charge in [-0.05, 0) is 61.7 Å². The summed E-state index contributed by atoms with van der Waals surface area (Å²) in [5.74, 6) is -1.98. The molecule has 2 N–H and O–H groups in total. The molecule has 0 saturated heterocycles. The molecule has 0 radical (unpaired) electrons. The molecule has 0 aliphatic carbocycles. The molecule has 3 rings (SSSR count). The van der Waals surface area contributed by atoms with E-state index in [1.165, 1.54) is 30.3 Å². The van der Waals surface area contributed by atoms with Gasteiger partial charge in [0.15, 0.2) is 9.84 Å². The van der Waals surface area contributed by atoms with Crippen LogP contribution in [0.3, 0.4) is 0 Å². The number of benzene rings is 2. The Morgan fingerprint density at radius 3 is 2.52 bits per heavy atom. The monoisotopic (exact) mass is 446 g/mol. The number of sulfone groups is 1. The highest BCUT2D eigenvalue weighted by atomic mass is 32.2. The lowest BCUT2D eigenvalue weighted by atomic mass is 9.95. The minimum absolute atomic E-state index is 0.0450. The number of urea groups is 1. The van der Waals surface area contributed by atoms with Gasteiger partial charge in [0, 0.05) is 5.70 Å². The van der Waals surface area contributed by atoms with E-state index in [0.717, 1.165) is 11.1 Å². The smallest absolute Gasteiger partial charge is 0.338 e. The molecule has 2 amide bonds. The SMILES string of the molecule is CCOC(=O)C1=C(CS(=O)(=O)c2ccc(C)c(C)c2)NC(=O)N[C@H]1c1cccc(F)c1. The maximum Gasteiger partial charge on any atom is 0.338 e. The third kappa shape index (κ3) is 4.93. The van der Waals surface area contributed by atoms with Crippen LogP contribution in [-0.4, -0.2) is 32.8 Å². The summed E-state index contributed by atoms with van der Waals surface area (Å²) >= 11 is 0. The van der Waals surface area contributed by atoms with Gasteiger partial charge in [0.25, 0.3) is 0 Å². The van der Waals surface area contributed by atoms with E-state index >= 15 is 0 Å². The molecule has 0 bridgehead atoms.